The number of nitrogens with two attached hydrogens (primary N) is 1. The van der Waals surface area contributed by atoms with E-state index in [-0.39, 0.29) is 0 Å². The lowest BCUT2D eigenvalue weighted by Crippen LogP contribution is -2.27. The Labute approximate surface area is 188 Å². The van der Waals surface area contributed by atoms with Crippen LogP contribution in [-0.4, -0.2) is 40.5 Å². The Bertz CT molecular complexity index is 789. The van der Waals surface area contributed by atoms with Gasteiger partial charge in [-0.2, -0.15) is 4.98 Å². The molecule has 4 rings (SSSR count). The molecule has 2 fully saturated rings. The standard InChI is InChI=1S/C20H26N6.C3H8.C2H6/c1-15-3-2-11-26(15)19-8-10-22-20(24-19)23-18-9-12-25(14-18)13-16-4-6-17(21)7-5-16;1-3-2;1-2/h4-8,10,18H,1-3,9,11-14,21H2,(H,22,23,24);3H2,1-2H3;1-2H3. The molecule has 1 aromatic heterocycles. The third-order valence-electron chi connectivity index (χ3n) is 5.14. The molecule has 2 saturated heterocycles. The fourth-order valence-corrected chi connectivity index (χ4v) is 3.74. The van der Waals surface area contributed by atoms with Crippen LogP contribution in [0.1, 0.15) is 58.9 Å². The van der Waals surface area contributed by atoms with Gasteiger partial charge in [0.25, 0.3) is 0 Å². The van der Waals surface area contributed by atoms with Crippen LogP contribution in [0.25, 0.3) is 0 Å². The number of likely N-dealkylation sites (tertiary alicyclic amines) is 1. The van der Waals surface area contributed by atoms with Crippen LogP contribution < -0.4 is 16.0 Å². The molecule has 31 heavy (non-hydrogen) atoms. The Balaban J connectivity index is 0.000000630. The number of aromatic nitrogens is 2. The Hall–Kier alpha value is -2.60. The smallest absolute Gasteiger partial charge is 0.224 e. The molecule has 2 aromatic rings. The van der Waals surface area contributed by atoms with Crippen LogP contribution in [-0.2, 0) is 6.54 Å². The topological polar surface area (TPSA) is 70.3 Å². The third-order valence-corrected chi connectivity index (χ3v) is 5.14. The summed E-state index contributed by atoms with van der Waals surface area (Å²) < 4.78 is 0. The SMILES string of the molecule is C=C1CCCN1c1ccnc(NC2CCN(Cc3ccc(N)cc3)C2)n1.CC.CCC. The molecule has 0 radical (unpaired) electrons. The molecule has 6 heteroatoms. The van der Waals surface area contributed by atoms with Crippen LogP contribution >= 0.6 is 0 Å². The summed E-state index contributed by atoms with van der Waals surface area (Å²) in [6.45, 7) is 16.4. The highest BCUT2D eigenvalue weighted by Gasteiger charge is 2.24. The summed E-state index contributed by atoms with van der Waals surface area (Å²) in [7, 11) is 0. The number of benzene rings is 1. The summed E-state index contributed by atoms with van der Waals surface area (Å²) in [5.41, 5.74) is 9.02. The van der Waals surface area contributed by atoms with Gasteiger partial charge in [0.2, 0.25) is 5.95 Å². The van der Waals surface area contributed by atoms with E-state index in [1.165, 1.54) is 12.0 Å². The van der Waals surface area contributed by atoms with Gasteiger partial charge >= 0.3 is 0 Å². The van der Waals surface area contributed by atoms with E-state index in [0.717, 1.165) is 62.6 Å². The summed E-state index contributed by atoms with van der Waals surface area (Å²) in [6.07, 6.45) is 6.38. The molecule has 2 aliphatic rings. The number of rotatable bonds is 5. The fourth-order valence-electron chi connectivity index (χ4n) is 3.74. The maximum absolute atomic E-state index is 5.76. The third kappa shape index (κ3) is 7.55. The van der Waals surface area contributed by atoms with Crippen LogP contribution in [0.2, 0.25) is 0 Å². The summed E-state index contributed by atoms with van der Waals surface area (Å²) in [6, 6.07) is 10.5. The first kappa shape index (κ1) is 24.7. The molecule has 2 aliphatic heterocycles. The monoisotopic (exact) mass is 424 g/mol. The van der Waals surface area contributed by atoms with Gasteiger partial charge in [-0.3, -0.25) is 4.90 Å². The van der Waals surface area contributed by atoms with Crippen LogP contribution in [0.5, 0.6) is 0 Å². The van der Waals surface area contributed by atoms with E-state index in [1.54, 1.807) is 0 Å². The summed E-state index contributed by atoms with van der Waals surface area (Å²) in [5.74, 6) is 1.66. The number of nitrogen functional groups attached to an aromatic ring is 1. The first-order chi connectivity index (χ1) is 15.1. The maximum Gasteiger partial charge on any atom is 0.224 e. The molecule has 3 N–H and O–H groups in total. The number of hydrogen-bond acceptors (Lipinski definition) is 6. The number of nitrogens with zero attached hydrogens (tertiary/aromatic N) is 4. The minimum Gasteiger partial charge on any atom is -0.399 e. The molecule has 0 amide bonds. The summed E-state index contributed by atoms with van der Waals surface area (Å²) in [4.78, 5) is 13.7. The Morgan fingerprint density at radius 3 is 2.48 bits per heavy atom. The predicted molar refractivity (Wildman–Crippen MR) is 133 cm³/mol. The molecule has 1 aromatic carbocycles. The quantitative estimate of drug-likeness (QED) is 0.635. The van der Waals surface area contributed by atoms with Gasteiger partial charge < -0.3 is 16.0 Å². The van der Waals surface area contributed by atoms with Gasteiger partial charge in [-0.1, -0.05) is 52.8 Å². The number of hydrogen-bond donors (Lipinski definition) is 2. The Morgan fingerprint density at radius 2 is 1.84 bits per heavy atom. The highest BCUT2D eigenvalue weighted by atomic mass is 15.3. The van der Waals surface area contributed by atoms with Gasteiger partial charge in [-0.05, 0) is 43.0 Å². The molecular weight excluding hydrogens is 384 g/mol. The second-order valence-electron chi connectivity index (χ2n) is 7.87. The molecule has 170 valence electrons. The van der Waals surface area contributed by atoms with Crippen LogP contribution in [0, 0.1) is 0 Å². The zero-order valence-corrected chi connectivity index (χ0v) is 19.8. The van der Waals surface area contributed by atoms with Gasteiger partial charge in [0.05, 0.1) is 0 Å². The Morgan fingerprint density at radius 1 is 1.13 bits per heavy atom. The van der Waals surface area contributed by atoms with Gasteiger partial charge in [0.15, 0.2) is 0 Å². The second kappa shape index (κ2) is 13.0. The average Bonchev–Trinajstić information content (AvgIpc) is 3.41. The van der Waals surface area contributed by atoms with E-state index in [1.807, 2.05) is 38.2 Å². The van der Waals surface area contributed by atoms with E-state index in [2.05, 4.69) is 52.7 Å². The molecule has 3 heterocycles. The maximum atomic E-state index is 5.76. The molecule has 6 nitrogen and oxygen atoms in total. The van der Waals surface area contributed by atoms with Gasteiger partial charge in [0, 0.05) is 49.8 Å². The van der Waals surface area contributed by atoms with E-state index >= 15 is 0 Å². The van der Waals surface area contributed by atoms with E-state index < -0.39 is 0 Å². The van der Waals surface area contributed by atoms with Crippen LogP contribution in [0.15, 0.2) is 48.8 Å². The number of allylic oxidation sites excluding steroid dienone is 1. The molecule has 0 spiro atoms. The largest absolute Gasteiger partial charge is 0.399 e. The summed E-state index contributed by atoms with van der Waals surface area (Å²) >= 11 is 0. The van der Waals surface area contributed by atoms with Gasteiger partial charge in [-0.25, -0.2) is 4.98 Å². The van der Waals surface area contributed by atoms with Crippen molar-refractivity contribution in [3.63, 3.8) is 0 Å². The first-order valence-corrected chi connectivity index (χ1v) is 11.7. The zero-order chi connectivity index (χ0) is 22.6. The fraction of sp³-hybridized carbons (Fsp3) is 0.520. The Kier molecular flexibility index (Phi) is 10.3. The van der Waals surface area contributed by atoms with E-state index in [4.69, 9.17) is 10.7 Å². The van der Waals surface area contributed by atoms with Gasteiger partial charge in [-0.15, -0.1) is 0 Å². The van der Waals surface area contributed by atoms with Crippen molar-refractivity contribution in [3.8, 4) is 0 Å². The van der Waals surface area contributed by atoms with Crippen molar-refractivity contribution < 1.29 is 0 Å². The van der Waals surface area contributed by atoms with Crippen LogP contribution in [0.3, 0.4) is 0 Å². The molecule has 1 atom stereocenters. The van der Waals surface area contributed by atoms with Crippen molar-refractivity contribution in [2.45, 2.75) is 66.0 Å². The predicted octanol–water partition coefficient (Wildman–Crippen LogP) is 5.30. The van der Waals surface area contributed by atoms with Crippen molar-refractivity contribution in [1.29, 1.82) is 0 Å². The van der Waals surface area contributed by atoms with Crippen LogP contribution in [0.4, 0.5) is 17.5 Å². The number of nitrogens with one attached hydrogen (secondary N) is 1. The lowest BCUT2D eigenvalue weighted by Gasteiger charge is -2.20. The molecular formula is C25H40N6. The lowest BCUT2D eigenvalue weighted by molar-refractivity contribution is 0.328. The normalized spacial score (nSPS) is 18.1. The number of anilines is 3. The molecule has 0 bridgehead atoms. The van der Waals surface area contributed by atoms with Crippen molar-refractivity contribution in [3.05, 3.63) is 54.4 Å². The second-order valence-corrected chi connectivity index (χ2v) is 7.87. The minimum atomic E-state index is 0.376. The van der Waals surface area contributed by atoms with E-state index in [9.17, 15) is 0 Å². The minimum absolute atomic E-state index is 0.376. The van der Waals surface area contributed by atoms with E-state index in [0.29, 0.717) is 12.0 Å². The average molecular weight is 425 g/mol. The first-order valence-electron chi connectivity index (χ1n) is 11.7. The highest BCUT2D eigenvalue weighted by molar-refractivity contribution is 5.49. The lowest BCUT2D eigenvalue weighted by atomic mass is 10.2. The van der Waals surface area contributed by atoms with Gasteiger partial charge in [0.1, 0.15) is 5.82 Å². The van der Waals surface area contributed by atoms with Crippen molar-refractivity contribution >= 4 is 17.5 Å². The molecule has 1 unspecified atom stereocenters. The zero-order valence-electron chi connectivity index (χ0n) is 19.8. The molecule has 0 saturated carbocycles. The van der Waals surface area contributed by atoms with Crippen molar-refractivity contribution in [2.24, 2.45) is 0 Å². The van der Waals surface area contributed by atoms with Crippen molar-refractivity contribution in [2.75, 3.05) is 35.6 Å². The highest BCUT2D eigenvalue weighted by Crippen LogP contribution is 2.26. The molecule has 0 aliphatic carbocycles. The summed E-state index contributed by atoms with van der Waals surface area (Å²) in [5, 5.41) is 3.50. The van der Waals surface area contributed by atoms with Crippen molar-refractivity contribution in [1.82, 2.24) is 14.9 Å².